The minimum Gasteiger partial charge on any atom is -0.468 e. The van der Waals surface area contributed by atoms with Crippen LogP contribution in [0.2, 0.25) is 0 Å². The first-order valence-electron chi connectivity index (χ1n) is 8.82. The van der Waals surface area contributed by atoms with Crippen molar-refractivity contribution >= 4 is 27.4 Å². The van der Waals surface area contributed by atoms with E-state index in [0.29, 0.717) is 0 Å². The van der Waals surface area contributed by atoms with Crippen molar-refractivity contribution in [2.75, 3.05) is 26.0 Å². The second kappa shape index (κ2) is 6.77. The molecule has 1 aliphatic rings. The molecule has 3 aromatic heterocycles. The number of nitrogens with one attached hydrogen (secondary N) is 1. The standard InChI is InChI=1S/C19H24N4OS/c1-12-6-7-13-16(9-12)25-19-17(13)18(21-11-22-19)20-10-14(23(2)3)15-5-4-8-24-15/h4-5,8,11-12,14H,6-7,9-10H2,1-3H3,(H,20,21,22)/t12-,14+/m1/s1. The van der Waals surface area contributed by atoms with Gasteiger partial charge in [-0.15, -0.1) is 11.3 Å². The van der Waals surface area contributed by atoms with Gasteiger partial charge in [-0.25, -0.2) is 9.97 Å². The largest absolute Gasteiger partial charge is 0.468 e. The number of rotatable bonds is 5. The maximum absolute atomic E-state index is 5.61. The van der Waals surface area contributed by atoms with Gasteiger partial charge in [-0.1, -0.05) is 6.92 Å². The van der Waals surface area contributed by atoms with Crippen LogP contribution in [0.5, 0.6) is 0 Å². The molecular weight excluding hydrogens is 332 g/mol. The molecule has 3 heterocycles. The number of likely N-dealkylation sites (N-methyl/N-ethyl adjacent to an activating group) is 1. The van der Waals surface area contributed by atoms with Gasteiger partial charge in [-0.05, 0) is 57.0 Å². The van der Waals surface area contributed by atoms with E-state index in [4.69, 9.17) is 4.42 Å². The van der Waals surface area contributed by atoms with Gasteiger partial charge < -0.3 is 9.73 Å². The molecule has 25 heavy (non-hydrogen) atoms. The number of aromatic nitrogens is 2. The maximum atomic E-state index is 5.61. The van der Waals surface area contributed by atoms with Crippen LogP contribution in [0.15, 0.2) is 29.1 Å². The summed E-state index contributed by atoms with van der Waals surface area (Å²) in [5.74, 6) is 2.68. The normalized spacial score (nSPS) is 18.5. The van der Waals surface area contributed by atoms with Crippen molar-refractivity contribution < 1.29 is 4.42 Å². The van der Waals surface area contributed by atoms with E-state index in [9.17, 15) is 0 Å². The number of aryl methyl sites for hydroxylation is 1. The van der Waals surface area contributed by atoms with Crippen LogP contribution < -0.4 is 5.32 Å². The van der Waals surface area contributed by atoms with Gasteiger partial charge in [0.15, 0.2) is 0 Å². The Balaban J connectivity index is 1.63. The Hall–Kier alpha value is -1.92. The molecule has 132 valence electrons. The van der Waals surface area contributed by atoms with E-state index in [-0.39, 0.29) is 6.04 Å². The third kappa shape index (κ3) is 3.16. The fourth-order valence-electron chi connectivity index (χ4n) is 3.62. The zero-order valence-corrected chi connectivity index (χ0v) is 15.8. The molecule has 5 nitrogen and oxygen atoms in total. The number of anilines is 1. The van der Waals surface area contributed by atoms with E-state index in [1.807, 2.05) is 23.5 Å². The Morgan fingerprint density at radius 1 is 1.40 bits per heavy atom. The number of nitrogens with zero attached hydrogens (tertiary/aromatic N) is 3. The minimum absolute atomic E-state index is 0.162. The van der Waals surface area contributed by atoms with E-state index >= 15 is 0 Å². The Morgan fingerprint density at radius 3 is 3.04 bits per heavy atom. The molecule has 0 fully saturated rings. The van der Waals surface area contributed by atoms with E-state index < -0.39 is 0 Å². The number of fused-ring (bicyclic) bond motifs is 3. The average molecular weight is 356 g/mol. The van der Waals surface area contributed by atoms with Gasteiger partial charge in [-0.2, -0.15) is 0 Å². The summed E-state index contributed by atoms with van der Waals surface area (Å²) in [5.41, 5.74) is 1.46. The second-order valence-corrected chi connectivity index (χ2v) is 8.21. The van der Waals surface area contributed by atoms with Gasteiger partial charge in [0.2, 0.25) is 0 Å². The molecule has 0 aliphatic heterocycles. The summed E-state index contributed by atoms with van der Waals surface area (Å²) in [6.07, 6.45) is 6.95. The molecule has 6 heteroatoms. The Kier molecular flexibility index (Phi) is 4.48. The Morgan fingerprint density at radius 2 is 2.28 bits per heavy atom. The second-order valence-electron chi connectivity index (χ2n) is 7.13. The third-order valence-electron chi connectivity index (χ3n) is 5.05. The molecule has 0 amide bonds. The molecule has 0 spiro atoms. The van der Waals surface area contributed by atoms with Crippen molar-refractivity contribution in [3.05, 3.63) is 40.9 Å². The zero-order chi connectivity index (χ0) is 17.4. The van der Waals surface area contributed by atoms with Crippen molar-refractivity contribution in [2.24, 2.45) is 5.92 Å². The summed E-state index contributed by atoms with van der Waals surface area (Å²) < 4.78 is 5.61. The summed E-state index contributed by atoms with van der Waals surface area (Å²) in [4.78, 5) is 13.8. The molecule has 0 saturated carbocycles. The van der Waals surface area contributed by atoms with E-state index in [0.717, 1.165) is 35.3 Å². The fourth-order valence-corrected chi connectivity index (χ4v) is 4.97. The molecule has 2 atom stereocenters. The first-order valence-corrected chi connectivity index (χ1v) is 9.64. The lowest BCUT2D eigenvalue weighted by atomic mass is 9.89. The molecule has 0 aromatic carbocycles. The van der Waals surface area contributed by atoms with E-state index in [2.05, 4.69) is 41.2 Å². The Labute approximate surface area is 152 Å². The average Bonchev–Trinajstić information content (AvgIpc) is 3.21. The lowest BCUT2D eigenvalue weighted by Gasteiger charge is -2.23. The SMILES string of the molecule is C[C@@H]1CCc2c(sc3ncnc(NC[C@@H](c4ccco4)N(C)C)c23)C1. The van der Waals surface area contributed by atoms with Crippen molar-refractivity contribution in [1.82, 2.24) is 14.9 Å². The first-order chi connectivity index (χ1) is 12.1. The van der Waals surface area contributed by atoms with Crippen LogP contribution in [0.1, 0.15) is 35.6 Å². The monoisotopic (exact) mass is 356 g/mol. The van der Waals surface area contributed by atoms with Gasteiger partial charge in [0, 0.05) is 11.4 Å². The number of thiophene rings is 1. The number of hydrogen-bond donors (Lipinski definition) is 1. The van der Waals surface area contributed by atoms with Crippen LogP contribution in [-0.2, 0) is 12.8 Å². The Bertz CT molecular complexity index is 856. The predicted molar refractivity (Wildman–Crippen MR) is 102 cm³/mol. The summed E-state index contributed by atoms with van der Waals surface area (Å²) >= 11 is 1.84. The molecule has 1 N–H and O–H groups in total. The lowest BCUT2D eigenvalue weighted by molar-refractivity contribution is 0.269. The van der Waals surface area contributed by atoms with Gasteiger partial charge in [0.25, 0.3) is 0 Å². The van der Waals surface area contributed by atoms with Crippen molar-refractivity contribution in [1.29, 1.82) is 0 Å². The summed E-state index contributed by atoms with van der Waals surface area (Å²) in [6.45, 7) is 3.08. The van der Waals surface area contributed by atoms with Crippen molar-refractivity contribution in [3.63, 3.8) is 0 Å². The van der Waals surface area contributed by atoms with Crippen LogP contribution in [0.4, 0.5) is 5.82 Å². The molecule has 1 aliphatic carbocycles. The molecular formula is C19H24N4OS. The summed E-state index contributed by atoms with van der Waals surface area (Å²) in [5, 5.41) is 4.79. The van der Waals surface area contributed by atoms with Gasteiger partial charge >= 0.3 is 0 Å². The molecule has 0 saturated heterocycles. The smallest absolute Gasteiger partial charge is 0.138 e. The molecule has 0 bridgehead atoms. The lowest BCUT2D eigenvalue weighted by Crippen LogP contribution is -2.26. The summed E-state index contributed by atoms with van der Waals surface area (Å²) in [6, 6.07) is 4.12. The third-order valence-corrected chi connectivity index (χ3v) is 6.21. The highest BCUT2D eigenvalue weighted by atomic mass is 32.1. The van der Waals surface area contributed by atoms with E-state index in [1.54, 1.807) is 12.6 Å². The van der Waals surface area contributed by atoms with Gasteiger partial charge in [-0.3, -0.25) is 4.90 Å². The highest BCUT2D eigenvalue weighted by Gasteiger charge is 2.24. The fraction of sp³-hybridized carbons (Fsp3) is 0.474. The van der Waals surface area contributed by atoms with Crippen LogP contribution in [0, 0.1) is 5.92 Å². The number of furan rings is 1. The maximum Gasteiger partial charge on any atom is 0.138 e. The van der Waals surface area contributed by atoms with Crippen LogP contribution in [-0.4, -0.2) is 35.5 Å². The van der Waals surface area contributed by atoms with Crippen molar-refractivity contribution in [3.8, 4) is 0 Å². The quantitative estimate of drug-likeness (QED) is 0.745. The van der Waals surface area contributed by atoms with Crippen LogP contribution >= 0.6 is 11.3 Å². The molecule has 4 rings (SSSR count). The highest BCUT2D eigenvalue weighted by Crippen LogP contribution is 2.39. The summed E-state index contributed by atoms with van der Waals surface area (Å²) in [7, 11) is 4.14. The van der Waals surface area contributed by atoms with Crippen molar-refractivity contribution in [2.45, 2.75) is 32.2 Å². The number of hydrogen-bond acceptors (Lipinski definition) is 6. The van der Waals surface area contributed by atoms with Crippen LogP contribution in [0.25, 0.3) is 10.2 Å². The molecule has 0 unspecified atom stereocenters. The van der Waals surface area contributed by atoms with Crippen LogP contribution in [0.3, 0.4) is 0 Å². The molecule has 3 aromatic rings. The topological polar surface area (TPSA) is 54.2 Å². The predicted octanol–water partition coefficient (Wildman–Crippen LogP) is 4.12. The van der Waals surface area contributed by atoms with Gasteiger partial charge in [0.1, 0.15) is 22.7 Å². The minimum atomic E-state index is 0.162. The zero-order valence-electron chi connectivity index (χ0n) is 15.0. The van der Waals surface area contributed by atoms with Gasteiger partial charge in [0.05, 0.1) is 17.7 Å². The van der Waals surface area contributed by atoms with E-state index in [1.165, 1.54) is 28.7 Å². The first kappa shape index (κ1) is 16.5. The highest BCUT2D eigenvalue weighted by molar-refractivity contribution is 7.19. The molecule has 0 radical (unpaired) electrons.